The minimum atomic E-state index is 0.199. The Balaban J connectivity index is 1.85. The number of benzene rings is 1. The van der Waals surface area contributed by atoms with Crippen LogP contribution in [-0.2, 0) is 20.7 Å². The molecule has 1 amide bonds. The average Bonchev–Trinajstić information content (AvgIpc) is 2.98. The van der Waals surface area contributed by atoms with Gasteiger partial charge in [-0.2, -0.15) is 0 Å². The number of hydrogen-bond acceptors (Lipinski definition) is 4. The number of anilines is 1. The van der Waals surface area contributed by atoms with Crippen molar-refractivity contribution in [1.82, 2.24) is 4.90 Å². The van der Waals surface area contributed by atoms with Gasteiger partial charge in [0.25, 0.3) is 0 Å². The lowest BCUT2D eigenvalue weighted by Gasteiger charge is -2.23. The van der Waals surface area contributed by atoms with Crippen molar-refractivity contribution >= 4 is 11.6 Å². The lowest BCUT2D eigenvalue weighted by Crippen LogP contribution is -2.36. The summed E-state index contributed by atoms with van der Waals surface area (Å²) in [4.78, 5) is 16.6. The number of ether oxygens (including phenoxy) is 2. The summed E-state index contributed by atoms with van der Waals surface area (Å²) in [5.41, 5.74) is 2.35. The van der Waals surface area contributed by atoms with Crippen molar-refractivity contribution in [3.05, 3.63) is 29.8 Å². The van der Waals surface area contributed by atoms with Gasteiger partial charge in [-0.15, -0.1) is 0 Å². The van der Waals surface area contributed by atoms with Gasteiger partial charge in [-0.05, 0) is 18.1 Å². The topological polar surface area (TPSA) is 42.0 Å². The molecule has 0 N–H and O–H groups in total. The van der Waals surface area contributed by atoms with E-state index in [0.29, 0.717) is 19.6 Å². The second-order valence-electron chi connectivity index (χ2n) is 5.50. The maximum Gasteiger partial charge on any atom is 0.228 e. The van der Waals surface area contributed by atoms with Crippen LogP contribution in [0.15, 0.2) is 24.3 Å². The van der Waals surface area contributed by atoms with Gasteiger partial charge in [0.2, 0.25) is 5.91 Å². The number of carbonyl (C=O) groups is 1. The van der Waals surface area contributed by atoms with Crippen molar-refractivity contribution in [2.75, 3.05) is 58.5 Å². The van der Waals surface area contributed by atoms with Gasteiger partial charge in [-0.3, -0.25) is 9.69 Å². The third kappa shape index (κ3) is 4.53. The quantitative estimate of drug-likeness (QED) is 0.694. The Morgan fingerprint density at radius 1 is 1.14 bits per heavy atom. The van der Waals surface area contributed by atoms with E-state index in [4.69, 9.17) is 9.47 Å². The maximum atomic E-state index is 12.5. The summed E-state index contributed by atoms with van der Waals surface area (Å²) in [5, 5.41) is 0. The normalized spacial score (nSPS) is 13.7. The Labute approximate surface area is 132 Å². The van der Waals surface area contributed by atoms with E-state index in [1.54, 1.807) is 14.2 Å². The number of carbonyl (C=O) groups excluding carboxylic acids is 1. The molecule has 22 heavy (non-hydrogen) atoms. The Morgan fingerprint density at radius 2 is 1.82 bits per heavy atom. The largest absolute Gasteiger partial charge is 0.383 e. The predicted octanol–water partition coefficient (Wildman–Crippen LogP) is 1.56. The molecule has 1 aromatic carbocycles. The molecular weight excluding hydrogens is 280 g/mol. The van der Waals surface area contributed by atoms with Gasteiger partial charge in [0.15, 0.2) is 0 Å². The highest BCUT2D eigenvalue weighted by molar-refractivity contribution is 5.95. The van der Waals surface area contributed by atoms with Crippen LogP contribution in [0.1, 0.15) is 12.0 Å². The van der Waals surface area contributed by atoms with E-state index in [1.165, 1.54) is 5.56 Å². The van der Waals surface area contributed by atoms with Crippen LogP contribution in [0.4, 0.5) is 5.69 Å². The van der Waals surface area contributed by atoms with Gasteiger partial charge in [0, 0.05) is 52.5 Å². The van der Waals surface area contributed by atoms with E-state index in [2.05, 4.69) is 11.0 Å². The molecule has 0 radical (unpaired) electrons. The number of methoxy groups -OCH3 is 2. The zero-order chi connectivity index (χ0) is 15.8. The van der Waals surface area contributed by atoms with E-state index in [9.17, 15) is 4.79 Å². The maximum absolute atomic E-state index is 12.5. The van der Waals surface area contributed by atoms with Crippen LogP contribution >= 0.6 is 0 Å². The summed E-state index contributed by atoms with van der Waals surface area (Å²) in [6, 6.07) is 8.16. The van der Waals surface area contributed by atoms with E-state index in [-0.39, 0.29) is 5.91 Å². The Kier molecular flexibility index (Phi) is 6.83. The molecule has 0 spiro atoms. The second-order valence-corrected chi connectivity index (χ2v) is 5.50. The Morgan fingerprint density at radius 3 is 2.50 bits per heavy atom. The van der Waals surface area contributed by atoms with Gasteiger partial charge >= 0.3 is 0 Å². The predicted molar refractivity (Wildman–Crippen MR) is 87.3 cm³/mol. The lowest BCUT2D eigenvalue weighted by atomic mass is 10.2. The van der Waals surface area contributed by atoms with E-state index >= 15 is 0 Å². The molecule has 0 saturated heterocycles. The molecule has 5 nitrogen and oxygen atoms in total. The summed E-state index contributed by atoms with van der Waals surface area (Å²) in [6.07, 6.45) is 1.49. The zero-order valence-corrected chi connectivity index (χ0v) is 13.6. The summed E-state index contributed by atoms with van der Waals surface area (Å²) in [7, 11) is 3.39. The molecule has 5 heteroatoms. The average molecular weight is 306 g/mol. The van der Waals surface area contributed by atoms with Crippen molar-refractivity contribution < 1.29 is 14.3 Å². The first-order chi connectivity index (χ1) is 10.8. The van der Waals surface area contributed by atoms with Gasteiger partial charge in [0.05, 0.1) is 13.2 Å². The van der Waals surface area contributed by atoms with Crippen LogP contribution in [0.3, 0.4) is 0 Å². The molecule has 0 bridgehead atoms. The van der Waals surface area contributed by atoms with Crippen LogP contribution in [-0.4, -0.2) is 64.4 Å². The second kappa shape index (κ2) is 8.88. The first-order valence-corrected chi connectivity index (χ1v) is 7.84. The minimum absolute atomic E-state index is 0.199. The van der Waals surface area contributed by atoms with Crippen LogP contribution in [0.2, 0.25) is 0 Å². The summed E-state index contributed by atoms with van der Waals surface area (Å²) < 4.78 is 10.3. The van der Waals surface area contributed by atoms with Gasteiger partial charge in [-0.1, -0.05) is 18.2 Å². The van der Waals surface area contributed by atoms with Crippen LogP contribution in [0.25, 0.3) is 0 Å². The third-order valence-electron chi connectivity index (χ3n) is 4.05. The fourth-order valence-corrected chi connectivity index (χ4v) is 2.76. The molecule has 1 aromatic rings. The van der Waals surface area contributed by atoms with Gasteiger partial charge in [0.1, 0.15) is 0 Å². The summed E-state index contributed by atoms with van der Waals surface area (Å²) >= 11 is 0. The monoisotopic (exact) mass is 306 g/mol. The molecule has 0 atom stereocenters. The Hall–Kier alpha value is -1.43. The number of fused-ring (bicyclic) bond motifs is 1. The molecule has 1 heterocycles. The first kappa shape index (κ1) is 16.9. The number of rotatable bonds is 9. The highest BCUT2D eigenvalue weighted by atomic mass is 16.5. The van der Waals surface area contributed by atoms with Crippen molar-refractivity contribution in [2.45, 2.75) is 12.8 Å². The molecule has 1 aliphatic heterocycles. The number of para-hydroxylation sites is 1. The molecule has 0 saturated carbocycles. The molecule has 1 aliphatic rings. The number of amides is 1. The molecule has 2 rings (SSSR count). The SMILES string of the molecule is COCCN(CCOC)CCC(=O)N1CCc2ccccc21. The van der Waals surface area contributed by atoms with Crippen molar-refractivity contribution in [2.24, 2.45) is 0 Å². The fraction of sp³-hybridized carbons (Fsp3) is 0.588. The Bertz CT molecular complexity index is 471. The molecule has 0 unspecified atom stereocenters. The first-order valence-electron chi connectivity index (χ1n) is 7.84. The minimum Gasteiger partial charge on any atom is -0.383 e. The molecule has 0 aliphatic carbocycles. The zero-order valence-electron chi connectivity index (χ0n) is 13.6. The standard InChI is InChI=1S/C17H26N2O3/c1-21-13-11-18(12-14-22-2)9-8-17(20)19-10-7-15-5-3-4-6-16(15)19/h3-6H,7-14H2,1-2H3. The highest BCUT2D eigenvalue weighted by Crippen LogP contribution is 2.27. The third-order valence-corrected chi connectivity index (χ3v) is 4.05. The molecular formula is C17H26N2O3. The summed E-state index contributed by atoms with van der Waals surface area (Å²) in [5.74, 6) is 0.199. The van der Waals surface area contributed by atoms with Crippen LogP contribution < -0.4 is 4.90 Å². The fourth-order valence-electron chi connectivity index (χ4n) is 2.76. The molecule has 0 aromatic heterocycles. The van der Waals surface area contributed by atoms with Gasteiger partial charge < -0.3 is 14.4 Å². The van der Waals surface area contributed by atoms with Crippen molar-refractivity contribution in [3.63, 3.8) is 0 Å². The number of nitrogens with zero attached hydrogens (tertiary/aromatic N) is 2. The van der Waals surface area contributed by atoms with Crippen molar-refractivity contribution in [3.8, 4) is 0 Å². The summed E-state index contributed by atoms with van der Waals surface area (Å²) in [6.45, 7) is 4.53. The van der Waals surface area contributed by atoms with Gasteiger partial charge in [-0.25, -0.2) is 0 Å². The van der Waals surface area contributed by atoms with E-state index < -0.39 is 0 Å². The molecule has 0 fully saturated rings. The van der Waals surface area contributed by atoms with E-state index in [0.717, 1.165) is 38.3 Å². The van der Waals surface area contributed by atoms with Crippen LogP contribution in [0, 0.1) is 0 Å². The number of hydrogen-bond donors (Lipinski definition) is 0. The highest BCUT2D eigenvalue weighted by Gasteiger charge is 2.24. The van der Waals surface area contributed by atoms with Crippen molar-refractivity contribution in [1.29, 1.82) is 0 Å². The molecule has 122 valence electrons. The smallest absolute Gasteiger partial charge is 0.228 e. The lowest BCUT2D eigenvalue weighted by molar-refractivity contribution is -0.118. The van der Waals surface area contributed by atoms with Crippen LogP contribution in [0.5, 0.6) is 0 Å². The van der Waals surface area contributed by atoms with E-state index in [1.807, 2.05) is 23.1 Å².